The van der Waals surface area contributed by atoms with Gasteiger partial charge < -0.3 is 10.4 Å². The molecule has 0 aliphatic heterocycles. The predicted molar refractivity (Wildman–Crippen MR) is 74.8 cm³/mol. The molecule has 0 bridgehead atoms. The van der Waals surface area contributed by atoms with Gasteiger partial charge in [0.1, 0.15) is 11.6 Å². The van der Waals surface area contributed by atoms with Crippen molar-refractivity contribution in [3.63, 3.8) is 0 Å². The summed E-state index contributed by atoms with van der Waals surface area (Å²) in [4.78, 5) is 11.1. The number of tetrazole rings is 1. The van der Waals surface area contributed by atoms with Crippen molar-refractivity contribution in [3.05, 3.63) is 39.8 Å². The lowest BCUT2D eigenvalue weighted by Gasteiger charge is -2.08. The molecule has 106 valence electrons. The smallest absolute Gasteiger partial charge is 0.338 e. The molecule has 1 heterocycles. The van der Waals surface area contributed by atoms with Crippen molar-refractivity contribution in [2.75, 3.05) is 5.32 Å². The van der Waals surface area contributed by atoms with E-state index in [0.717, 1.165) is 0 Å². The number of aromatic amines is 1. The summed E-state index contributed by atoms with van der Waals surface area (Å²) in [6.07, 6.45) is 1.28. The van der Waals surface area contributed by atoms with Gasteiger partial charge in [-0.15, -0.1) is 10.2 Å². The normalized spacial score (nSPS) is 11.0. The van der Waals surface area contributed by atoms with Crippen LogP contribution in [-0.4, -0.2) is 31.7 Å². The molecular formula is C11H6Cl2N6O2. The Morgan fingerprint density at radius 2 is 2.24 bits per heavy atom. The average molecular weight is 325 g/mol. The molecule has 0 amide bonds. The number of benzene rings is 1. The van der Waals surface area contributed by atoms with E-state index >= 15 is 0 Å². The van der Waals surface area contributed by atoms with E-state index in [9.17, 15) is 4.79 Å². The maximum Gasteiger partial charge on any atom is 0.338 e. The highest BCUT2D eigenvalue weighted by Gasteiger charge is 2.16. The maximum absolute atomic E-state index is 11.1. The molecule has 3 N–H and O–H groups in total. The highest BCUT2D eigenvalue weighted by atomic mass is 35.5. The van der Waals surface area contributed by atoms with Gasteiger partial charge in [-0.1, -0.05) is 23.2 Å². The lowest BCUT2D eigenvalue weighted by molar-refractivity contribution is 0.0697. The number of hydrogen-bond donors (Lipinski definition) is 3. The van der Waals surface area contributed by atoms with Crippen LogP contribution in [0.3, 0.4) is 0 Å². The highest BCUT2D eigenvalue weighted by Crippen LogP contribution is 2.32. The van der Waals surface area contributed by atoms with Gasteiger partial charge in [-0.05, 0) is 17.3 Å². The van der Waals surface area contributed by atoms with Crippen LogP contribution in [0.4, 0.5) is 5.69 Å². The van der Waals surface area contributed by atoms with Crippen LogP contribution in [0.15, 0.2) is 18.3 Å². The topological polar surface area (TPSA) is 128 Å². The van der Waals surface area contributed by atoms with Crippen molar-refractivity contribution in [1.29, 1.82) is 5.26 Å². The van der Waals surface area contributed by atoms with Gasteiger partial charge in [0.2, 0.25) is 5.82 Å². The quantitative estimate of drug-likeness (QED) is 0.735. The van der Waals surface area contributed by atoms with Crippen molar-refractivity contribution in [3.8, 4) is 6.07 Å². The fourth-order valence-corrected chi connectivity index (χ4v) is 2.02. The Kier molecular flexibility index (Phi) is 4.37. The summed E-state index contributed by atoms with van der Waals surface area (Å²) in [5.74, 6) is -1.16. The van der Waals surface area contributed by atoms with E-state index in [1.54, 1.807) is 0 Å². The molecule has 0 atom stereocenters. The van der Waals surface area contributed by atoms with Crippen molar-refractivity contribution in [2.45, 2.75) is 0 Å². The molecule has 21 heavy (non-hydrogen) atoms. The van der Waals surface area contributed by atoms with Crippen molar-refractivity contribution in [1.82, 2.24) is 20.6 Å². The minimum Gasteiger partial charge on any atom is -0.478 e. The molecule has 0 unspecified atom stereocenters. The van der Waals surface area contributed by atoms with Crippen LogP contribution in [0.1, 0.15) is 16.2 Å². The fraction of sp³-hybridized carbons (Fsp3) is 0. The van der Waals surface area contributed by atoms with Crippen molar-refractivity contribution < 1.29 is 9.90 Å². The number of nitrogens with one attached hydrogen (secondary N) is 2. The van der Waals surface area contributed by atoms with Gasteiger partial charge in [-0.25, -0.2) is 4.79 Å². The van der Waals surface area contributed by atoms with Crippen LogP contribution in [-0.2, 0) is 0 Å². The minimum atomic E-state index is -1.25. The number of rotatable bonds is 4. The summed E-state index contributed by atoms with van der Waals surface area (Å²) in [5.41, 5.74) is 0.135. The number of halogens is 2. The number of anilines is 1. The first-order valence-electron chi connectivity index (χ1n) is 5.36. The molecule has 0 saturated heterocycles. The van der Waals surface area contributed by atoms with Gasteiger partial charge in [0.05, 0.1) is 21.3 Å². The number of allylic oxidation sites excluding steroid dienone is 1. The molecule has 1 aromatic carbocycles. The molecule has 0 spiro atoms. The summed E-state index contributed by atoms with van der Waals surface area (Å²) in [6.45, 7) is 0. The monoisotopic (exact) mass is 324 g/mol. The van der Waals surface area contributed by atoms with E-state index in [2.05, 4.69) is 25.9 Å². The van der Waals surface area contributed by atoms with Crippen molar-refractivity contribution >= 4 is 40.4 Å². The summed E-state index contributed by atoms with van der Waals surface area (Å²) < 4.78 is 0. The van der Waals surface area contributed by atoms with Crippen molar-refractivity contribution in [2.24, 2.45) is 0 Å². The van der Waals surface area contributed by atoms with Crippen LogP contribution >= 0.6 is 23.2 Å². The zero-order valence-corrected chi connectivity index (χ0v) is 11.6. The van der Waals surface area contributed by atoms with Gasteiger partial charge >= 0.3 is 5.97 Å². The molecule has 0 saturated carbocycles. The number of hydrogen-bond acceptors (Lipinski definition) is 6. The second-order valence-corrected chi connectivity index (χ2v) is 4.42. The molecule has 2 rings (SSSR count). The fourth-order valence-electron chi connectivity index (χ4n) is 1.43. The minimum absolute atomic E-state index is 0.0145. The Morgan fingerprint density at radius 3 is 2.81 bits per heavy atom. The van der Waals surface area contributed by atoms with Gasteiger partial charge in [0.25, 0.3) is 0 Å². The third-order valence-corrected chi connectivity index (χ3v) is 3.09. The van der Waals surface area contributed by atoms with Crippen LogP contribution in [0.25, 0.3) is 5.57 Å². The molecule has 0 radical (unpaired) electrons. The van der Waals surface area contributed by atoms with E-state index < -0.39 is 5.97 Å². The zero-order chi connectivity index (χ0) is 15.4. The number of aromatic nitrogens is 4. The number of carboxylic acids is 1. The molecular weight excluding hydrogens is 319 g/mol. The number of H-pyrrole nitrogens is 1. The number of nitriles is 1. The summed E-state index contributed by atoms with van der Waals surface area (Å²) in [6, 6.07) is 4.74. The Bertz CT molecular complexity index is 751. The lowest BCUT2D eigenvalue weighted by Crippen LogP contribution is -2.02. The maximum atomic E-state index is 11.1. The molecule has 1 aromatic heterocycles. The van der Waals surface area contributed by atoms with Crippen LogP contribution in [0.2, 0.25) is 10.0 Å². The Labute approximate surface area is 128 Å². The number of carboxylic acid groups (broad SMARTS) is 1. The van der Waals surface area contributed by atoms with Gasteiger partial charge in [-0.3, -0.25) is 0 Å². The summed E-state index contributed by atoms with van der Waals surface area (Å²) in [5, 5.41) is 33.6. The molecule has 8 nitrogen and oxygen atoms in total. The lowest BCUT2D eigenvalue weighted by atomic mass is 10.2. The number of aromatic carboxylic acids is 1. The Morgan fingerprint density at radius 1 is 1.48 bits per heavy atom. The molecule has 2 aromatic rings. The van der Waals surface area contributed by atoms with E-state index in [1.165, 1.54) is 18.3 Å². The van der Waals surface area contributed by atoms with E-state index in [1.807, 2.05) is 6.07 Å². The Balaban J connectivity index is 2.35. The average Bonchev–Trinajstić information content (AvgIpc) is 2.95. The van der Waals surface area contributed by atoms with Gasteiger partial charge in [0.15, 0.2) is 0 Å². The standard InChI is InChI=1S/C11H6Cl2N6O2/c12-6-1-2-7(9(13)8(6)11(20)21)15-4-5(3-14)10-16-18-19-17-10/h1-2,4,15H,(H,20,21)(H,16,17,18,19). The second kappa shape index (κ2) is 6.21. The van der Waals surface area contributed by atoms with E-state index in [4.69, 9.17) is 33.6 Å². The molecule has 0 aliphatic carbocycles. The van der Waals surface area contributed by atoms with Gasteiger partial charge in [0, 0.05) is 6.20 Å². The van der Waals surface area contributed by atoms with Crippen LogP contribution < -0.4 is 5.32 Å². The second-order valence-electron chi connectivity index (χ2n) is 3.64. The van der Waals surface area contributed by atoms with E-state index in [0.29, 0.717) is 0 Å². The molecule has 0 fully saturated rings. The van der Waals surface area contributed by atoms with E-state index in [-0.39, 0.29) is 32.7 Å². The first-order chi connectivity index (χ1) is 10.0. The largest absolute Gasteiger partial charge is 0.478 e. The number of carbonyl (C=O) groups is 1. The SMILES string of the molecule is N#CC(=CNc1ccc(Cl)c(C(=O)O)c1Cl)c1nn[nH]n1. The zero-order valence-electron chi connectivity index (χ0n) is 10.1. The molecule has 0 aliphatic rings. The third-order valence-electron chi connectivity index (χ3n) is 2.38. The van der Waals surface area contributed by atoms with Crippen LogP contribution in [0, 0.1) is 11.3 Å². The summed E-state index contributed by atoms with van der Waals surface area (Å²) >= 11 is 11.7. The first-order valence-corrected chi connectivity index (χ1v) is 6.12. The Hall–Kier alpha value is -2.63. The van der Waals surface area contributed by atoms with Crippen LogP contribution in [0.5, 0.6) is 0 Å². The summed E-state index contributed by atoms with van der Waals surface area (Å²) in [7, 11) is 0. The number of nitrogens with zero attached hydrogens (tertiary/aromatic N) is 4. The highest BCUT2D eigenvalue weighted by molar-refractivity contribution is 6.41. The predicted octanol–water partition coefficient (Wildman–Crippen LogP) is 2.18. The van der Waals surface area contributed by atoms with Gasteiger partial charge in [-0.2, -0.15) is 10.5 Å². The molecule has 10 heteroatoms. The first kappa shape index (κ1) is 14.8. The third kappa shape index (κ3) is 3.10.